The number of carbonyl (C=O) groups is 3. The van der Waals surface area contributed by atoms with E-state index in [4.69, 9.17) is 15.3 Å². The summed E-state index contributed by atoms with van der Waals surface area (Å²) in [5, 5.41) is 26.9. The lowest BCUT2D eigenvalue weighted by Crippen LogP contribution is -2.44. The lowest BCUT2D eigenvalue weighted by Gasteiger charge is -2.23. The molecule has 0 aromatic rings. The van der Waals surface area contributed by atoms with Gasteiger partial charge < -0.3 is 25.1 Å². The van der Waals surface area contributed by atoms with E-state index < -0.39 is 36.2 Å². The number of amides is 2. The van der Waals surface area contributed by atoms with Gasteiger partial charge >= 0.3 is 18.2 Å². The Labute approximate surface area is 96.0 Å². The summed E-state index contributed by atoms with van der Waals surface area (Å²) in [5.74, 6) is -2.13. The topological polar surface area (TPSA) is 118 Å². The molecular formula is C9H12N2O6. The van der Waals surface area contributed by atoms with Crippen molar-refractivity contribution >= 4 is 18.2 Å². The van der Waals surface area contributed by atoms with Crippen molar-refractivity contribution in [2.24, 2.45) is 5.92 Å². The Hall–Kier alpha value is -1.99. The van der Waals surface area contributed by atoms with E-state index >= 15 is 0 Å². The summed E-state index contributed by atoms with van der Waals surface area (Å²) in [6.07, 6.45) is -2.04. The summed E-state index contributed by atoms with van der Waals surface area (Å²) in [6, 6.07) is -1.30. The molecule has 0 aliphatic carbocycles. The Morgan fingerprint density at radius 3 is 2.06 bits per heavy atom. The second-order valence-electron chi connectivity index (χ2n) is 4.20. The molecule has 0 spiro atoms. The molecule has 0 aromatic carbocycles. The van der Waals surface area contributed by atoms with E-state index in [9.17, 15) is 14.4 Å². The summed E-state index contributed by atoms with van der Waals surface area (Å²) in [6.45, 7) is 0.0298. The largest absolute Gasteiger partial charge is 0.481 e. The Kier molecular flexibility index (Phi) is 2.56. The summed E-state index contributed by atoms with van der Waals surface area (Å²) < 4.78 is 0. The molecule has 2 aliphatic heterocycles. The summed E-state index contributed by atoms with van der Waals surface area (Å²) in [7, 11) is 0. The van der Waals surface area contributed by atoms with Crippen LogP contribution in [0.4, 0.5) is 9.59 Å². The number of fused-ring (bicyclic) bond motifs is 1. The molecule has 2 heterocycles. The Morgan fingerprint density at radius 1 is 1.00 bits per heavy atom. The van der Waals surface area contributed by atoms with Gasteiger partial charge in [-0.3, -0.25) is 4.79 Å². The summed E-state index contributed by atoms with van der Waals surface area (Å²) in [4.78, 5) is 35.0. The van der Waals surface area contributed by atoms with Crippen molar-refractivity contribution in [3.8, 4) is 0 Å². The smallest absolute Gasteiger partial charge is 0.407 e. The molecule has 3 N–H and O–H groups in total. The number of rotatable bonds is 1. The van der Waals surface area contributed by atoms with Gasteiger partial charge in [-0.15, -0.1) is 0 Å². The predicted octanol–water partition coefficient (Wildman–Crippen LogP) is -0.198. The van der Waals surface area contributed by atoms with Crippen molar-refractivity contribution < 1.29 is 29.7 Å². The van der Waals surface area contributed by atoms with Crippen molar-refractivity contribution in [3.63, 3.8) is 0 Å². The second-order valence-corrected chi connectivity index (χ2v) is 4.20. The number of hydrogen-bond donors (Lipinski definition) is 3. The SMILES string of the molecule is O=C(O)C1CN(C(=O)O)C2CCN(C(=O)O)C12. The van der Waals surface area contributed by atoms with Crippen LogP contribution in [0.2, 0.25) is 0 Å². The minimum atomic E-state index is -1.20. The van der Waals surface area contributed by atoms with E-state index in [0.717, 1.165) is 9.80 Å². The van der Waals surface area contributed by atoms with E-state index in [1.807, 2.05) is 0 Å². The van der Waals surface area contributed by atoms with Crippen LogP contribution in [-0.4, -0.2) is 68.4 Å². The number of carboxylic acids is 1. The minimum Gasteiger partial charge on any atom is -0.481 e. The molecule has 8 heteroatoms. The lowest BCUT2D eigenvalue weighted by molar-refractivity contribution is -0.142. The average molecular weight is 244 g/mol. The Morgan fingerprint density at radius 2 is 1.59 bits per heavy atom. The predicted molar refractivity (Wildman–Crippen MR) is 52.8 cm³/mol. The van der Waals surface area contributed by atoms with E-state index in [0.29, 0.717) is 6.42 Å². The van der Waals surface area contributed by atoms with Gasteiger partial charge in [0.15, 0.2) is 0 Å². The first-order valence-electron chi connectivity index (χ1n) is 5.15. The van der Waals surface area contributed by atoms with Crippen molar-refractivity contribution in [3.05, 3.63) is 0 Å². The highest BCUT2D eigenvalue weighted by molar-refractivity contribution is 5.77. The van der Waals surface area contributed by atoms with Gasteiger partial charge in [-0.1, -0.05) is 0 Å². The lowest BCUT2D eigenvalue weighted by atomic mass is 10.00. The Bertz CT molecular complexity index is 372. The molecule has 0 bridgehead atoms. The van der Waals surface area contributed by atoms with Crippen LogP contribution in [0.1, 0.15) is 6.42 Å². The van der Waals surface area contributed by atoms with Gasteiger partial charge in [-0.05, 0) is 6.42 Å². The first-order valence-corrected chi connectivity index (χ1v) is 5.15. The first-order chi connectivity index (χ1) is 7.93. The molecule has 94 valence electrons. The quantitative estimate of drug-likeness (QED) is 0.587. The molecule has 17 heavy (non-hydrogen) atoms. The van der Waals surface area contributed by atoms with Crippen molar-refractivity contribution in [2.75, 3.05) is 13.1 Å². The fourth-order valence-electron chi connectivity index (χ4n) is 2.75. The second kappa shape index (κ2) is 3.79. The van der Waals surface area contributed by atoms with Crippen LogP contribution in [0.15, 0.2) is 0 Å². The molecule has 0 saturated carbocycles. The highest BCUT2D eigenvalue weighted by Crippen LogP contribution is 2.35. The van der Waals surface area contributed by atoms with Crippen LogP contribution < -0.4 is 0 Å². The maximum absolute atomic E-state index is 11.0. The monoisotopic (exact) mass is 244 g/mol. The average Bonchev–Trinajstić information content (AvgIpc) is 2.73. The van der Waals surface area contributed by atoms with Gasteiger partial charge in [-0.25, -0.2) is 9.59 Å². The zero-order valence-electron chi connectivity index (χ0n) is 8.81. The molecule has 3 atom stereocenters. The number of nitrogens with zero attached hydrogens (tertiary/aromatic N) is 2. The van der Waals surface area contributed by atoms with Gasteiger partial charge in [0.05, 0.1) is 18.0 Å². The van der Waals surface area contributed by atoms with E-state index in [2.05, 4.69) is 0 Å². The fraction of sp³-hybridized carbons (Fsp3) is 0.667. The van der Waals surface area contributed by atoms with E-state index in [1.54, 1.807) is 0 Å². The number of likely N-dealkylation sites (tertiary alicyclic amines) is 2. The molecule has 2 fully saturated rings. The number of carboxylic acid groups (broad SMARTS) is 3. The van der Waals surface area contributed by atoms with Crippen LogP contribution in [-0.2, 0) is 4.79 Å². The standard InChI is InChI=1S/C9H12N2O6/c12-7(13)4-3-11(9(16)17)5-1-2-10(6(4)5)8(14)15/h4-6H,1-3H2,(H,12,13)(H,14,15)(H,16,17). The van der Waals surface area contributed by atoms with Crippen LogP contribution in [0.5, 0.6) is 0 Å². The summed E-state index contributed by atoms with van der Waals surface area (Å²) >= 11 is 0. The fourth-order valence-corrected chi connectivity index (χ4v) is 2.75. The maximum atomic E-state index is 11.0. The molecule has 2 amide bonds. The molecule has 2 aliphatic rings. The first kappa shape index (κ1) is 11.5. The third-order valence-corrected chi connectivity index (χ3v) is 3.43. The molecule has 2 saturated heterocycles. The normalized spacial score (nSPS) is 31.4. The van der Waals surface area contributed by atoms with Gasteiger partial charge in [0, 0.05) is 13.1 Å². The third kappa shape index (κ3) is 1.65. The van der Waals surface area contributed by atoms with Crippen molar-refractivity contribution in [1.82, 2.24) is 9.80 Å². The van der Waals surface area contributed by atoms with E-state index in [1.165, 1.54) is 0 Å². The van der Waals surface area contributed by atoms with Gasteiger partial charge in [0.2, 0.25) is 0 Å². The van der Waals surface area contributed by atoms with Crippen LogP contribution in [0, 0.1) is 5.92 Å². The van der Waals surface area contributed by atoms with Crippen LogP contribution >= 0.6 is 0 Å². The van der Waals surface area contributed by atoms with Crippen LogP contribution in [0.25, 0.3) is 0 Å². The van der Waals surface area contributed by atoms with Crippen molar-refractivity contribution in [2.45, 2.75) is 18.5 Å². The summed E-state index contributed by atoms with van der Waals surface area (Å²) in [5.41, 5.74) is 0. The van der Waals surface area contributed by atoms with Gasteiger partial charge in [0.25, 0.3) is 0 Å². The highest BCUT2D eigenvalue weighted by Gasteiger charge is 2.54. The highest BCUT2D eigenvalue weighted by atomic mass is 16.4. The maximum Gasteiger partial charge on any atom is 0.407 e. The molecule has 3 unspecified atom stereocenters. The number of hydrogen-bond acceptors (Lipinski definition) is 3. The van der Waals surface area contributed by atoms with Gasteiger partial charge in [0.1, 0.15) is 0 Å². The molecule has 0 radical (unpaired) electrons. The van der Waals surface area contributed by atoms with Gasteiger partial charge in [-0.2, -0.15) is 0 Å². The molecule has 0 aromatic heterocycles. The molecular weight excluding hydrogens is 232 g/mol. The molecule has 8 nitrogen and oxygen atoms in total. The Balaban J connectivity index is 2.29. The zero-order valence-corrected chi connectivity index (χ0v) is 8.81. The number of aliphatic carboxylic acids is 1. The van der Waals surface area contributed by atoms with Crippen molar-refractivity contribution in [1.29, 1.82) is 0 Å². The third-order valence-electron chi connectivity index (χ3n) is 3.43. The van der Waals surface area contributed by atoms with Crippen LogP contribution in [0.3, 0.4) is 0 Å². The molecule has 2 rings (SSSR count). The van der Waals surface area contributed by atoms with E-state index in [-0.39, 0.29) is 13.1 Å². The minimum absolute atomic E-state index is 0.149. The zero-order chi connectivity index (χ0) is 12.7.